The van der Waals surface area contributed by atoms with Gasteiger partial charge in [-0.25, -0.2) is 0 Å². The molecule has 1 atom stereocenters. The summed E-state index contributed by atoms with van der Waals surface area (Å²) >= 11 is 0. The molecule has 0 aromatic rings. The van der Waals surface area contributed by atoms with Crippen LogP contribution in [0.25, 0.3) is 0 Å². The Labute approximate surface area is 94.2 Å². The van der Waals surface area contributed by atoms with Crippen LogP contribution in [0.5, 0.6) is 0 Å². The summed E-state index contributed by atoms with van der Waals surface area (Å²) in [4.78, 5) is 2.45. The minimum Gasteiger partial charge on any atom is -0.381 e. The van der Waals surface area contributed by atoms with E-state index < -0.39 is 0 Å². The Morgan fingerprint density at radius 3 is 2.67 bits per heavy atom. The smallest absolute Gasteiger partial charge is 0.0469 e. The van der Waals surface area contributed by atoms with Gasteiger partial charge in [-0.1, -0.05) is 6.92 Å². The lowest BCUT2D eigenvalue weighted by atomic mass is 10.00. The van der Waals surface area contributed by atoms with E-state index in [1.807, 2.05) is 0 Å². The van der Waals surface area contributed by atoms with Crippen molar-refractivity contribution in [3.63, 3.8) is 0 Å². The zero-order valence-electron chi connectivity index (χ0n) is 10.5. The molecule has 0 aromatic carbocycles. The largest absolute Gasteiger partial charge is 0.381 e. The molecule has 0 aliphatic carbocycles. The molecule has 1 fully saturated rings. The minimum atomic E-state index is 0.597. The summed E-state index contributed by atoms with van der Waals surface area (Å²) in [7, 11) is 2.23. The van der Waals surface area contributed by atoms with E-state index in [0.717, 1.165) is 32.2 Å². The van der Waals surface area contributed by atoms with Crippen molar-refractivity contribution in [2.75, 3.05) is 39.9 Å². The molecule has 0 radical (unpaired) electrons. The highest BCUT2D eigenvalue weighted by atomic mass is 16.5. The van der Waals surface area contributed by atoms with Crippen molar-refractivity contribution in [1.82, 2.24) is 10.2 Å². The predicted octanol–water partition coefficient (Wildman–Crippen LogP) is 1.34. The monoisotopic (exact) mass is 214 g/mol. The number of nitrogens with zero attached hydrogens (tertiary/aromatic N) is 1. The Balaban J connectivity index is 2.13. The molecule has 90 valence electrons. The van der Waals surface area contributed by atoms with Crippen LogP contribution in [0.4, 0.5) is 0 Å². The molecule has 3 heteroatoms. The van der Waals surface area contributed by atoms with Crippen LogP contribution < -0.4 is 5.32 Å². The maximum atomic E-state index is 5.37. The Morgan fingerprint density at radius 1 is 1.40 bits per heavy atom. The minimum absolute atomic E-state index is 0.597. The predicted molar refractivity (Wildman–Crippen MR) is 64.2 cm³/mol. The van der Waals surface area contributed by atoms with E-state index in [0.29, 0.717) is 6.04 Å². The van der Waals surface area contributed by atoms with Gasteiger partial charge in [-0.2, -0.15) is 0 Å². The molecule has 0 aromatic heterocycles. The van der Waals surface area contributed by atoms with Crippen LogP contribution in [0.15, 0.2) is 0 Å². The second-order valence-electron chi connectivity index (χ2n) is 4.74. The summed E-state index contributed by atoms with van der Waals surface area (Å²) in [6.45, 7) is 9.76. The number of nitrogens with one attached hydrogen (secondary N) is 1. The van der Waals surface area contributed by atoms with Gasteiger partial charge in [0.15, 0.2) is 0 Å². The van der Waals surface area contributed by atoms with Crippen LogP contribution in [-0.2, 0) is 4.74 Å². The molecular weight excluding hydrogens is 188 g/mol. The number of likely N-dealkylation sites (N-methyl/N-ethyl adjacent to an activating group) is 2. The fraction of sp³-hybridized carbons (Fsp3) is 1.00. The number of hydrogen-bond donors (Lipinski definition) is 1. The lowest BCUT2D eigenvalue weighted by Crippen LogP contribution is -2.39. The number of ether oxygens (including phenoxy) is 1. The molecule has 0 spiro atoms. The fourth-order valence-corrected chi connectivity index (χ4v) is 2.32. The zero-order valence-corrected chi connectivity index (χ0v) is 10.5. The summed E-state index contributed by atoms with van der Waals surface area (Å²) in [6.07, 6.45) is 2.47. The van der Waals surface area contributed by atoms with Gasteiger partial charge in [-0.3, -0.25) is 0 Å². The highest BCUT2D eigenvalue weighted by molar-refractivity contribution is 4.70. The van der Waals surface area contributed by atoms with Crippen molar-refractivity contribution in [2.24, 2.45) is 5.92 Å². The van der Waals surface area contributed by atoms with Gasteiger partial charge in [-0.15, -0.1) is 0 Å². The van der Waals surface area contributed by atoms with Gasteiger partial charge in [0.1, 0.15) is 0 Å². The zero-order chi connectivity index (χ0) is 11.1. The van der Waals surface area contributed by atoms with E-state index >= 15 is 0 Å². The van der Waals surface area contributed by atoms with E-state index in [9.17, 15) is 0 Å². The highest BCUT2D eigenvalue weighted by Gasteiger charge is 2.16. The molecule has 1 heterocycles. The number of rotatable bonds is 6. The first-order valence-corrected chi connectivity index (χ1v) is 6.22. The van der Waals surface area contributed by atoms with Crippen molar-refractivity contribution in [3.05, 3.63) is 0 Å². The van der Waals surface area contributed by atoms with E-state index in [1.54, 1.807) is 0 Å². The maximum Gasteiger partial charge on any atom is 0.0469 e. The molecule has 3 nitrogen and oxygen atoms in total. The second kappa shape index (κ2) is 7.20. The van der Waals surface area contributed by atoms with E-state index in [-0.39, 0.29) is 0 Å². The quantitative estimate of drug-likeness (QED) is 0.722. The normalized spacial score (nSPS) is 20.8. The maximum absolute atomic E-state index is 5.37. The lowest BCUT2D eigenvalue weighted by Gasteiger charge is -2.28. The first-order chi connectivity index (χ1) is 7.22. The molecule has 0 amide bonds. The number of hydrogen-bond acceptors (Lipinski definition) is 3. The first-order valence-electron chi connectivity index (χ1n) is 6.22. The fourth-order valence-electron chi connectivity index (χ4n) is 2.32. The summed E-state index contributed by atoms with van der Waals surface area (Å²) in [6, 6.07) is 0.597. The Bertz CT molecular complexity index is 158. The molecule has 1 rings (SSSR count). The topological polar surface area (TPSA) is 24.5 Å². The molecule has 1 N–H and O–H groups in total. The van der Waals surface area contributed by atoms with E-state index in [1.165, 1.54) is 19.4 Å². The molecule has 15 heavy (non-hydrogen) atoms. The van der Waals surface area contributed by atoms with Gasteiger partial charge in [0.25, 0.3) is 0 Å². The van der Waals surface area contributed by atoms with Crippen molar-refractivity contribution >= 4 is 0 Å². The highest BCUT2D eigenvalue weighted by Crippen LogP contribution is 2.15. The van der Waals surface area contributed by atoms with E-state index in [4.69, 9.17) is 4.74 Å². The summed E-state index contributed by atoms with van der Waals surface area (Å²) < 4.78 is 5.37. The van der Waals surface area contributed by atoms with Gasteiger partial charge >= 0.3 is 0 Å². The third kappa shape index (κ3) is 5.50. The van der Waals surface area contributed by atoms with Crippen LogP contribution in [0, 0.1) is 5.92 Å². The molecular formula is C12H26N2O. The van der Waals surface area contributed by atoms with Crippen molar-refractivity contribution in [3.8, 4) is 0 Å². The van der Waals surface area contributed by atoms with Crippen molar-refractivity contribution < 1.29 is 4.74 Å². The Hall–Kier alpha value is -0.120. The van der Waals surface area contributed by atoms with Gasteiger partial charge < -0.3 is 15.0 Å². The molecule has 1 unspecified atom stereocenters. The first kappa shape index (κ1) is 12.9. The van der Waals surface area contributed by atoms with Crippen LogP contribution in [0.3, 0.4) is 0 Å². The second-order valence-corrected chi connectivity index (χ2v) is 4.74. The van der Waals surface area contributed by atoms with Gasteiger partial charge in [0.05, 0.1) is 0 Å². The van der Waals surface area contributed by atoms with Crippen LogP contribution in [-0.4, -0.2) is 50.8 Å². The third-order valence-corrected chi connectivity index (χ3v) is 3.05. The van der Waals surface area contributed by atoms with Gasteiger partial charge in [-0.05, 0) is 39.3 Å². The average Bonchev–Trinajstić information content (AvgIpc) is 2.19. The van der Waals surface area contributed by atoms with E-state index in [2.05, 4.69) is 31.1 Å². The molecule has 0 saturated carbocycles. The lowest BCUT2D eigenvalue weighted by molar-refractivity contribution is 0.0549. The standard InChI is InChI=1S/C12H26N2O/c1-4-13-11(2)9-14(3)10-12-5-7-15-8-6-12/h11-13H,4-10H2,1-3H3. The SMILES string of the molecule is CCNC(C)CN(C)CC1CCOCC1. The molecule has 0 bridgehead atoms. The third-order valence-electron chi connectivity index (χ3n) is 3.05. The van der Waals surface area contributed by atoms with Crippen LogP contribution >= 0.6 is 0 Å². The Kier molecular flexibility index (Phi) is 6.22. The van der Waals surface area contributed by atoms with Crippen LogP contribution in [0.2, 0.25) is 0 Å². The molecule has 1 saturated heterocycles. The Morgan fingerprint density at radius 2 is 2.07 bits per heavy atom. The van der Waals surface area contributed by atoms with Gasteiger partial charge in [0, 0.05) is 32.3 Å². The molecule has 1 aliphatic rings. The van der Waals surface area contributed by atoms with Crippen molar-refractivity contribution in [1.29, 1.82) is 0 Å². The van der Waals surface area contributed by atoms with Gasteiger partial charge in [0.2, 0.25) is 0 Å². The average molecular weight is 214 g/mol. The summed E-state index contributed by atoms with van der Waals surface area (Å²) in [5, 5.41) is 3.45. The molecule has 1 aliphatic heterocycles. The summed E-state index contributed by atoms with van der Waals surface area (Å²) in [5.41, 5.74) is 0. The van der Waals surface area contributed by atoms with Crippen molar-refractivity contribution in [2.45, 2.75) is 32.7 Å². The summed E-state index contributed by atoms with van der Waals surface area (Å²) in [5.74, 6) is 0.845. The van der Waals surface area contributed by atoms with Crippen LogP contribution in [0.1, 0.15) is 26.7 Å².